The van der Waals surface area contributed by atoms with Gasteiger partial charge >= 0.3 is 5.97 Å². The molecule has 17 heavy (non-hydrogen) atoms. The Hall–Kier alpha value is -2.30. The Morgan fingerprint density at radius 2 is 2.24 bits per heavy atom. The maximum absolute atomic E-state index is 10.6. The Kier molecular flexibility index (Phi) is 3.09. The molecule has 5 nitrogen and oxygen atoms in total. The third-order valence-corrected chi connectivity index (χ3v) is 2.36. The Bertz CT molecular complexity index is 534. The van der Waals surface area contributed by atoms with Crippen LogP contribution in [0.5, 0.6) is 0 Å². The molecule has 0 radical (unpaired) electrons. The number of benzene rings is 1. The lowest BCUT2D eigenvalue weighted by Gasteiger charge is -2.06. The molecule has 1 aromatic heterocycles. The maximum Gasteiger partial charge on any atom is 0.357 e. The van der Waals surface area contributed by atoms with E-state index in [1.54, 1.807) is 0 Å². The number of aromatic carboxylic acids is 1. The minimum atomic E-state index is -1.11. The van der Waals surface area contributed by atoms with Crippen LogP contribution in [-0.2, 0) is 6.42 Å². The molecule has 2 N–H and O–H groups in total. The zero-order valence-corrected chi connectivity index (χ0v) is 9.30. The molecule has 2 aromatic rings. The quantitative estimate of drug-likeness (QED) is 0.847. The first-order valence-corrected chi connectivity index (χ1v) is 5.24. The molecule has 0 spiro atoms. The Morgan fingerprint density at radius 1 is 1.47 bits per heavy atom. The van der Waals surface area contributed by atoms with Gasteiger partial charge in [-0.05, 0) is 18.1 Å². The number of carbonyl (C=O) groups is 1. The summed E-state index contributed by atoms with van der Waals surface area (Å²) in [6.45, 7) is 2.04. The number of anilines is 2. The fourth-order valence-electron chi connectivity index (χ4n) is 1.50. The number of nitrogens with one attached hydrogen (secondary N) is 1. The fraction of sp³-hybridized carbons (Fsp3) is 0.167. The number of oxazole rings is 1. The molecule has 0 aliphatic rings. The van der Waals surface area contributed by atoms with Crippen LogP contribution in [0.1, 0.15) is 23.0 Å². The Labute approximate surface area is 98.1 Å². The van der Waals surface area contributed by atoms with Gasteiger partial charge in [0.1, 0.15) is 6.26 Å². The monoisotopic (exact) mass is 232 g/mol. The molecule has 0 aliphatic carbocycles. The zero-order valence-electron chi connectivity index (χ0n) is 9.30. The van der Waals surface area contributed by atoms with E-state index in [0.717, 1.165) is 23.9 Å². The van der Waals surface area contributed by atoms with Crippen LogP contribution in [0, 0.1) is 0 Å². The van der Waals surface area contributed by atoms with Crippen molar-refractivity contribution in [2.24, 2.45) is 0 Å². The van der Waals surface area contributed by atoms with Gasteiger partial charge in [-0.15, -0.1) is 0 Å². The number of aryl methyl sites for hydroxylation is 1. The minimum absolute atomic E-state index is 0.110. The van der Waals surface area contributed by atoms with Crippen LogP contribution in [0.2, 0.25) is 0 Å². The van der Waals surface area contributed by atoms with E-state index in [9.17, 15) is 4.79 Å². The lowest BCUT2D eigenvalue weighted by molar-refractivity contribution is 0.0690. The summed E-state index contributed by atoms with van der Waals surface area (Å²) in [7, 11) is 0. The van der Waals surface area contributed by atoms with E-state index in [0.29, 0.717) is 0 Å². The second kappa shape index (κ2) is 4.69. The van der Waals surface area contributed by atoms with Gasteiger partial charge in [0.25, 0.3) is 6.01 Å². The minimum Gasteiger partial charge on any atom is -0.476 e. The molecule has 1 aromatic carbocycles. The van der Waals surface area contributed by atoms with E-state index in [2.05, 4.69) is 10.3 Å². The van der Waals surface area contributed by atoms with Crippen LogP contribution >= 0.6 is 0 Å². The smallest absolute Gasteiger partial charge is 0.357 e. The van der Waals surface area contributed by atoms with Gasteiger partial charge in [0.15, 0.2) is 5.69 Å². The fourth-order valence-corrected chi connectivity index (χ4v) is 1.50. The maximum atomic E-state index is 10.6. The lowest BCUT2D eigenvalue weighted by atomic mass is 10.1. The Morgan fingerprint density at radius 3 is 2.88 bits per heavy atom. The van der Waals surface area contributed by atoms with Crippen LogP contribution in [0.25, 0.3) is 0 Å². The Balaban J connectivity index is 2.22. The number of carboxylic acids is 1. The summed E-state index contributed by atoms with van der Waals surface area (Å²) in [5.74, 6) is -1.11. The van der Waals surface area contributed by atoms with Crippen molar-refractivity contribution in [3.8, 4) is 0 Å². The normalized spacial score (nSPS) is 10.2. The van der Waals surface area contributed by atoms with Gasteiger partial charge in [0.05, 0.1) is 0 Å². The molecule has 2 rings (SSSR count). The van der Waals surface area contributed by atoms with Crippen molar-refractivity contribution in [1.29, 1.82) is 0 Å². The summed E-state index contributed by atoms with van der Waals surface area (Å²) in [5.41, 5.74) is 1.87. The second-order valence-electron chi connectivity index (χ2n) is 3.48. The van der Waals surface area contributed by atoms with Crippen LogP contribution in [0.3, 0.4) is 0 Å². The van der Waals surface area contributed by atoms with E-state index >= 15 is 0 Å². The number of rotatable bonds is 4. The van der Waals surface area contributed by atoms with E-state index in [-0.39, 0.29) is 11.7 Å². The predicted molar refractivity (Wildman–Crippen MR) is 62.6 cm³/mol. The van der Waals surface area contributed by atoms with Crippen molar-refractivity contribution in [3.63, 3.8) is 0 Å². The highest BCUT2D eigenvalue weighted by molar-refractivity contribution is 5.85. The average molecular weight is 232 g/mol. The first kappa shape index (κ1) is 11.2. The molecule has 1 heterocycles. The molecule has 0 unspecified atom stereocenters. The molecule has 88 valence electrons. The summed E-state index contributed by atoms with van der Waals surface area (Å²) < 4.78 is 5.03. The van der Waals surface area contributed by atoms with Gasteiger partial charge in [0.2, 0.25) is 0 Å². The third kappa shape index (κ3) is 2.44. The SMILES string of the molecule is CCc1ccccc1Nc1nc(C(=O)O)co1. The highest BCUT2D eigenvalue weighted by Crippen LogP contribution is 2.20. The van der Waals surface area contributed by atoms with Gasteiger partial charge in [-0.1, -0.05) is 25.1 Å². The van der Waals surface area contributed by atoms with Crippen LogP contribution < -0.4 is 5.32 Å². The van der Waals surface area contributed by atoms with E-state index in [1.807, 2.05) is 31.2 Å². The second-order valence-corrected chi connectivity index (χ2v) is 3.48. The number of carboxylic acid groups (broad SMARTS) is 1. The predicted octanol–water partition coefficient (Wildman–Crippen LogP) is 2.68. The van der Waals surface area contributed by atoms with Crippen LogP contribution in [0.15, 0.2) is 34.9 Å². The van der Waals surface area contributed by atoms with E-state index in [4.69, 9.17) is 9.52 Å². The van der Waals surface area contributed by atoms with Gasteiger partial charge in [0, 0.05) is 5.69 Å². The van der Waals surface area contributed by atoms with Gasteiger partial charge < -0.3 is 14.8 Å². The van der Waals surface area contributed by atoms with Crippen molar-refractivity contribution in [1.82, 2.24) is 4.98 Å². The third-order valence-electron chi connectivity index (χ3n) is 2.36. The lowest BCUT2D eigenvalue weighted by Crippen LogP contribution is -1.98. The number of hydrogen-bond donors (Lipinski definition) is 2. The highest BCUT2D eigenvalue weighted by atomic mass is 16.4. The number of nitrogens with zero attached hydrogens (tertiary/aromatic N) is 1. The summed E-state index contributed by atoms with van der Waals surface area (Å²) in [6, 6.07) is 7.90. The number of para-hydroxylation sites is 1. The van der Waals surface area contributed by atoms with Gasteiger partial charge in [-0.2, -0.15) is 4.98 Å². The van der Waals surface area contributed by atoms with Crippen molar-refractivity contribution >= 4 is 17.7 Å². The summed E-state index contributed by atoms with van der Waals surface area (Å²) in [6.07, 6.45) is 1.98. The highest BCUT2D eigenvalue weighted by Gasteiger charge is 2.11. The van der Waals surface area contributed by atoms with Crippen molar-refractivity contribution in [3.05, 3.63) is 41.8 Å². The summed E-state index contributed by atoms with van der Waals surface area (Å²) >= 11 is 0. The molecule has 0 bridgehead atoms. The molecule has 0 aliphatic heterocycles. The number of aromatic nitrogens is 1. The van der Waals surface area contributed by atoms with E-state index in [1.165, 1.54) is 0 Å². The molecule has 0 saturated heterocycles. The molecular formula is C12H12N2O3. The van der Waals surface area contributed by atoms with Crippen molar-refractivity contribution < 1.29 is 14.3 Å². The van der Waals surface area contributed by atoms with Crippen LogP contribution in [0.4, 0.5) is 11.7 Å². The molecular weight excluding hydrogens is 220 g/mol. The largest absolute Gasteiger partial charge is 0.476 e. The first-order valence-electron chi connectivity index (χ1n) is 5.24. The number of hydrogen-bond acceptors (Lipinski definition) is 4. The first-order chi connectivity index (χ1) is 8.20. The molecule has 5 heteroatoms. The summed E-state index contributed by atoms with van der Waals surface area (Å²) in [5, 5.41) is 11.7. The zero-order chi connectivity index (χ0) is 12.3. The molecule has 0 atom stereocenters. The molecule has 0 fully saturated rings. The molecule has 0 saturated carbocycles. The standard InChI is InChI=1S/C12H12N2O3/c1-2-8-5-3-4-6-9(8)13-12-14-10(7-17-12)11(15)16/h3-7H,2H2,1H3,(H,13,14)(H,15,16). The van der Waals surface area contributed by atoms with Gasteiger partial charge in [-0.25, -0.2) is 4.79 Å². The van der Waals surface area contributed by atoms with E-state index < -0.39 is 5.97 Å². The topological polar surface area (TPSA) is 75.4 Å². The van der Waals surface area contributed by atoms with Crippen molar-refractivity contribution in [2.75, 3.05) is 5.32 Å². The van der Waals surface area contributed by atoms with Crippen molar-refractivity contribution in [2.45, 2.75) is 13.3 Å². The van der Waals surface area contributed by atoms with Gasteiger partial charge in [-0.3, -0.25) is 0 Å². The molecule has 0 amide bonds. The van der Waals surface area contributed by atoms with Crippen LogP contribution in [-0.4, -0.2) is 16.1 Å². The summed E-state index contributed by atoms with van der Waals surface area (Å²) in [4.78, 5) is 14.4. The average Bonchev–Trinajstić information content (AvgIpc) is 2.78.